The molecule has 0 radical (unpaired) electrons. The Hall–Kier alpha value is -0.730. The summed E-state index contributed by atoms with van der Waals surface area (Å²) in [7, 11) is 0. The minimum absolute atomic E-state index is 0.467. The van der Waals surface area contributed by atoms with Crippen molar-refractivity contribution in [1.29, 1.82) is 0 Å². The SMILES string of the molecule is Cc1ccc(Cl)c(OCC(C)CNC(C)C)c1. The summed E-state index contributed by atoms with van der Waals surface area (Å²) in [5.41, 5.74) is 1.16. The predicted molar refractivity (Wildman–Crippen MR) is 74.0 cm³/mol. The molecule has 96 valence electrons. The van der Waals surface area contributed by atoms with E-state index in [2.05, 4.69) is 26.1 Å². The maximum Gasteiger partial charge on any atom is 0.138 e. The first kappa shape index (κ1) is 14.3. The molecular weight excluding hydrogens is 234 g/mol. The lowest BCUT2D eigenvalue weighted by molar-refractivity contribution is 0.253. The van der Waals surface area contributed by atoms with Gasteiger partial charge >= 0.3 is 0 Å². The minimum Gasteiger partial charge on any atom is -0.492 e. The van der Waals surface area contributed by atoms with Crippen LogP contribution < -0.4 is 10.1 Å². The Morgan fingerprint density at radius 1 is 1.29 bits per heavy atom. The zero-order chi connectivity index (χ0) is 12.8. The number of aryl methyl sites for hydroxylation is 1. The molecule has 1 atom stereocenters. The lowest BCUT2D eigenvalue weighted by Crippen LogP contribution is -2.30. The summed E-state index contributed by atoms with van der Waals surface area (Å²) < 4.78 is 5.74. The Bertz CT molecular complexity index is 352. The third kappa shape index (κ3) is 5.42. The van der Waals surface area contributed by atoms with Crippen molar-refractivity contribution in [3.05, 3.63) is 28.8 Å². The summed E-state index contributed by atoms with van der Waals surface area (Å²) in [6.45, 7) is 10.1. The highest BCUT2D eigenvalue weighted by Crippen LogP contribution is 2.25. The third-order valence-electron chi connectivity index (χ3n) is 2.48. The van der Waals surface area contributed by atoms with Gasteiger partial charge in [-0.3, -0.25) is 0 Å². The average Bonchev–Trinajstić information content (AvgIpc) is 2.27. The molecule has 0 bridgehead atoms. The maximum absolute atomic E-state index is 6.07. The van der Waals surface area contributed by atoms with E-state index in [-0.39, 0.29) is 0 Å². The fourth-order valence-electron chi connectivity index (χ4n) is 1.45. The van der Waals surface area contributed by atoms with Crippen molar-refractivity contribution in [3.8, 4) is 5.75 Å². The number of hydrogen-bond donors (Lipinski definition) is 1. The van der Waals surface area contributed by atoms with Crippen molar-refractivity contribution in [3.63, 3.8) is 0 Å². The molecule has 0 heterocycles. The molecule has 0 aliphatic heterocycles. The van der Waals surface area contributed by atoms with Gasteiger partial charge in [-0.1, -0.05) is 38.4 Å². The fraction of sp³-hybridized carbons (Fsp3) is 0.571. The number of benzene rings is 1. The average molecular weight is 256 g/mol. The van der Waals surface area contributed by atoms with Crippen LogP contribution in [-0.4, -0.2) is 19.2 Å². The molecule has 1 N–H and O–H groups in total. The van der Waals surface area contributed by atoms with Gasteiger partial charge in [-0.25, -0.2) is 0 Å². The summed E-state index contributed by atoms with van der Waals surface area (Å²) >= 11 is 6.07. The smallest absolute Gasteiger partial charge is 0.138 e. The summed E-state index contributed by atoms with van der Waals surface area (Å²) in [5, 5.41) is 4.07. The molecular formula is C14H22ClNO. The molecule has 0 aliphatic carbocycles. The van der Waals surface area contributed by atoms with E-state index in [0.29, 0.717) is 23.6 Å². The molecule has 1 aromatic carbocycles. The highest BCUT2D eigenvalue weighted by atomic mass is 35.5. The van der Waals surface area contributed by atoms with Gasteiger partial charge in [0.05, 0.1) is 11.6 Å². The zero-order valence-electron chi connectivity index (χ0n) is 11.1. The number of nitrogens with one attached hydrogen (secondary N) is 1. The van der Waals surface area contributed by atoms with Crippen molar-refractivity contribution in [2.75, 3.05) is 13.2 Å². The Morgan fingerprint density at radius 2 is 2.00 bits per heavy atom. The molecule has 0 saturated carbocycles. The molecule has 1 aromatic rings. The second-order valence-corrected chi connectivity index (χ2v) is 5.32. The Kier molecular flexibility index (Phi) is 5.79. The van der Waals surface area contributed by atoms with E-state index in [4.69, 9.17) is 16.3 Å². The molecule has 0 spiro atoms. The number of hydrogen-bond acceptors (Lipinski definition) is 2. The van der Waals surface area contributed by atoms with Gasteiger partial charge in [0.1, 0.15) is 5.75 Å². The number of halogens is 1. The normalized spacial score (nSPS) is 12.8. The van der Waals surface area contributed by atoms with Gasteiger partial charge in [-0.2, -0.15) is 0 Å². The monoisotopic (exact) mass is 255 g/mol. The van der Waals surface area contributed by atoms with Gasteiger partial charge in [0.25, 0.3) is 0 Å². The molecule has 0 fully saturated rings. The van der Waals surface area contributed by atoms with Crippen LogP contribution in [0.4, 0.5) is 0 Å². The largest absolute Gasteiger partial charge is 0.492 e. The fourth-order valence-corrected chi connectivity index (χ4v) is 1.62. The standard InChI is InChI=1S/C14H22ClNO/c1-10(2)16-8-12(4)9-17-14-7-11(3)5-6-13(14)15/h5-7,10,12,16H,8-9H2,1-4H3. The van der Waals surface area contributed by atoms with E-state index in [9.17, 15) is 0 Å². The van der Waals surface area contributed by atoms with Gasteiger partial charge < -0.3 is 10.1 Å². The van der Waals surface area contributed by atoms with Crippen LogP contribution in [0.1, 0.15) is 26.3 Å². The van der Waals surface area contributed by atoms with Crippen LogP contribution in [0.15, 0.2) is 18.2 Å². The molecule has 3 heteroatoms. The highest BCUT2D eigenvalue weighted by Gasteiger charge is 2.06. The second-order valence-electron chi connectivity index (χ2n) is 4.91. The quantitative estimate of drug-likeness (QED) is 0.838. The summed E-state index contributed by atoms with van der Waals surface area (Å²) in [6.07, 6.45) is 0. The van der Waals surface area contributed by atoms with Crippen LogP contribution in [0.3, 0.4) is 0 Å². The van der Waals surface area contributed by atoms with Crippen molar-refractivity contribution in [2.24, 2.45) is 5.92 Å². The van der Waals surface area contributed by atoms with Crippen LogP contribution in [0, 0.1) is 12.8 Å². The molecule has 0 amide bonds. The molecule has 1 unspecified atom stereocenters. The van der Waals surface area contributed by atoms with E-state index in [1.807, 2.05) is 25.1 Å². The first-order chi connectivity index (χ1) is 7.99. The molecule has 0 aromatic heterocycles. The Labute approximate surface area is 109 Å². The zero-order valence-corrected chi connectivity index (χ0v) is 11.8. The van der Waals surface area contributed by atoms with Crippen LogP contribution in [0.25, 0.3) is 0 Å². The van der Waals surface area contributed by atoms with Gasteiger partial charge in [-0.15, -0.1) is 0 Å². The summed E-state index contributed by atoms with van der Waals surface area (Å²) in [6, 6.07) is 6.35. The molecule has 0 aliphatic rings. The Morgan fingerprint density at radius 3 is 2.65 bits per heavy atom. The molecule has 17 heavy (non-hydrogen) atoms. The Balaban J connectivity index is 2.41. The molecule has 2 nitrogen and oxygen atoms in total. The number of rotatable bonds is 6. The van der Waals surface area contributed by atoms with Gasteiger partial charge in [0.15, 0.2) is 0 Å². The summed E-state index contributed by atoms with van der Waals surface area (Å²) in [4.78, 5) is 0. The van der Waals surface area contributed by atoms with Gasteiger partial charge in [-0.05, 0) is 24.6 Å². The highest BCUT2D eigenvalue weighted by molar-refractivity contribution is 6.32. The molecule has 1 rings (SSSR count). The first-order valence-electron chi connectivity index (χ1n) is 6.11. The lowest BCUT2D eigenvalue weighted by Gasteiger charge is -2.16. The predicted octanol–water partition coefficient (Wildman–Crippen LogP) is 3.66. The minimum atomic E-state index is 0.467. The van der Waals surface area contributed by atoms with Crippen LogP contribution in [0.2, 0.25) is 5.02 Å². The lowest BCUT2D eigenvalue weighted by atomic mass is 10.2. The van der Waals surface area contributed by atoms with Gasteiger partial charge in [0.2, 0.25) is 0 Å². The topological polar surface area (TPSA) is 21.3 Å². The second kappa shape index (κ2) is 6.87. The van der Waals surface area contributed by atoms with Crippen molar-refractivity contribution in [1.82, 2.24) is 5.32 Å². The van der Waals surface area contributed by atoms with E-state index in [1.54, 1.807) is 0 Å². The van der Waals surface area contributed by atoms with E-state index in [1.165, 1.54) is 0 Å². The molecule has 0 saturated heterocycles. The van der Waals surface area contributed by atoms with Crippen LogP contribution in [-0.2, 0) is 0 Å². The van der Waals surface area contributed by atoms with Crippen molar-refractivity contribution in [2.45, 2.75) is 33.7 Å². The van der Waals surface area contributed by atoms with Gasteiger partial charge in [0, 0.05) is 18.5 Å². The van der Waals surface area contributed by atoms with Crippen molar-refractivity contribution >= 4 is 11.6 Å². The van der Waals surface area contributed by atoms with Crippen molar-refractivity contribution < 1.29 is 4.74 Å². The van der Waals surface area contributed by atoms with Crippen LogP contribution in [0.5, 0.6) is 5.75 Å². The van der Waals surface area contributed by atoms with Crippen LogP contribution >= 0.6 is 11.6 Å². The van der Waals surface area contributed by atoms with E-state index >= 15 is 0 Å². The number of ether oxygens (including phenoxy) is 1. The third-order valence-corrected chi connectivity index (χ3v) is 2.80. The van der Waals surface area contributed by atoms with E-state index in [0.717, 1.165) is 17.9 Å². The summed E-state index contributed by atoms with van der Waals surface area (Å²) in [5.74, 6) is 1.25. The first-order valence-corrected chi connectivity index (χ1v) is 6.49. The van der Waals surface area contributed by atoms with E-state index < -0.39 is 0 Å². The maximum atomic E-state index is 6.07.